The first-order valence-corrected chi connectivity index (χ1v) is 3.54. The normalized spacial score (nSPS) is 16.9. The van der Waals surface area contributed by atoms with E-state index in [1.54, 1.807) is 0 Å². The van der Waals surface area contributed by atoms with E-state index in [9.17, 15) is 0 Å². The van der Waals surface area contributed by atoms with Crippen molar-refractivity contribution in [3.63, 3.8) is 0 Å². The van der Waals surface area contributed by atoms with Crippen molar-refractivity contribution in [3.8, 4) is 12.3 Å². The molecule has 0 aliphatic carbocycles. The molecule has 0 bridgehead atoms. The second-order valence-electron chi connectivity index (χ2n) is 2.52. The van der Waals surface area contributed by atoms with Gasteiger partial charge in [-0.2, -0.15) is 10.2 Å². The van der Waals surface area contributed by atoms with Gasteiger partial charge in [-0.3, -0.25) is 0 Å². The van der Waals surface area contributed by atoms with Crippen molar-refractivity contribution in [3.05, 3.63) is 11.4 Å². The minimum atomic E-state index is -0.253. The van der Waals surface area contributed by atoms with Crippen LogP contribution in [0.5, 0.6) is 0 Å². The third kappa shape index (κ3) is 2.05. The number of rotatable bonds is 4. The summed E-state index contributed by atoms with van der Waals surface area (Å²) in [5.41, 5.74) is -0.253. The molecule has 0 aromatic rings. The largest absolute Gasteiger partial charge is 0.317 e. The van der Waals surface area contributed by atoms with Crippen LogP contribution in [0.3, 0.4) is 0 Å². The third-order valence-corrected chi connectivity index (χ3v) is 1.68. The van der Waals surface area contributed by atoms with Gasteiger partial charge in [0, 0.05) is 12.8 Å². The van der Waals surface area contributed by atoms with Gasteiger partial charge in [0.25, 0.3) is 0 Å². The fourth-order valence-corrected chi connectivity index (χ4v) is 0.903. The molecule has 0 aromatic carbocycles. The molecule has 0 atom stereocenters. The topological polar surface area (TPSA) is 29.1 Å². The van der Waals surface area contributed by atoms with Crippen LogP contribution in [0.25, 0.3) is 4.85 Å². The Balaban J connectivity index is 2.21. The lowest BCUT2D eigenvalue weighted by atomic mass is 10.1. The van der Waals surface area contributed by atoms with Gasteiger partial charge in [0.1, 0.15) is 0 Å². The highest BCUT2D eigenvalue weighted by atomic mass is 15.4. The predicted octanol–water partition coefficient (Wildman–Crippen LogP) is 1.87. The highest BCUT2D eigenvalue weighted by Gasteiger charge is 2.39. The average molecular weight is 147 g/mol. The Kier molecular flexibility index (Phi) is 2.23. The molecule has 0 amide bonds. The zero-order valence-electron chi connectivity index (χ0n) is 6.25. The van der Waals surface area contributed by atoms with Crippen LogP contribution < -0.4 is 0 Å². The molecule has 1 rings (SSSR count). The molecule has 1 heterocycles. The molecule has 1 aliphatic rings. The molecule has 0 N–H and O–H groups in total. The minimum absolute atomic E-state index is 0.253. The molecule has 56 valence electrons. The van der Waals surface area contributed by atoms with Crippen LogP contribution in [0.1, 0.15) is 19.3 Å². The zero-order chi connectivity index (χ0) is 8.16. The van der Waals surface area contributed by atoms with E-state index >= 15 is 0 Å². The summed E-state index contributed by atoms with van der Waals surface area (Å²) in [6, 6.07) is 0. The van der Waals surface area contributed by atoms with E-state index in [1.807, 2.05) is 0 Å². The van der Waals surface area contributed by atoms with Gasteiger partial charge in [-0.25, -0.2) is 6.57 Å². The first-order valence-electron chi connectivity index (χ1n) is 3.54. The van der Waals surface area contributed by atoms with E-state index < -0.39 is 0 Å². The first kappa shape index (κ1) is 7.75. The Hall–Kier alpha value is -1.35. The van der Waals surface area contributed by atoms with Crippen molar-refractivity contribution < 1.29 is 0 Å². The Labute approximate surface area is 66.3 Å². The van der Waals surface area contributed by atoms with Gasteiger partial charge in [0.15, 0.2) is 5.66 Å². The highest BCUT2D eigenvalue weighted by Crippen LogP contribution is 2.36. The van der Waals surface area contributed by atoms with Crippen LogP contribution in [0, 0.1) is 18.9 Å². The molecule has 3 heteroatoms. The molecule has 0 fully saturated rings. The van der Waals surface area contributed by atoms with Crippen molar-refractivity contribution in [1.29, 1.82) is 0 Å². The fraction of sp³-hybridized carbons (Fsp3) is 0.625. The molecule has 0 saturated heterocycles. The van der Waals surface area contributed by atoms with E-state index in [0.717, 1.165) is 12.8 Å². The molecule has 0 saturated carbocycles. The van der Waals surface area contributed by atoms with Crippen molar-refractivity contribution in [1.82, 2.24) is 0 Å². The van der Waals surface area contributed by atoms with Crippen LogP contribution in [0.2, 0.25) is 0 Å². The van der Waals surface area contributed by atoms with Crippen LogP contribution in [0.4, 0.5) is 0 Å². The predicted molar refractivity (Wildman–Crippen MR) is 41.7 cm³/mol. The lowest BCUT2D eigenvalue weighted by Gasteiger charge is -2.02. The second kappa shape index (κ2) is 3.16. The summed E-state index contributed by atoms with van der Waals surface area (Å²) in [5.74, 6) is 2.54. The highest BCUT2D eigenvalue weighted by molar-refractivity contribution is 4.98. The molecule has 3 nitrogen and oxygen atoms in total. The number of hydrogen-bond acceptors (Lipinski definition) is 2. The third-order valence-electron chi connectivity index (χ3n) is 1.68. The standard InChI is InChI=1S/C8H9N3/c1-3-4-5-8(10-11-8)6-7-9-2/h1H,4-7H2. The van der Waals surface area contributed by atoms with Crippen LogP contribution in [0.15, 0.2) is 10.2 Å². The van der Waals surface area contributed by atoms with E-state index in [2.05, 4.69) is 21.0 Å². The van der Waals surface area contributed by atoms with E-state index in [0.29, 0.717) is 13.0 Å². The summed E-state index contributed by atoms with van der Waals surface area (Å²) in [5, 5.41) is 7.79. The van der Waals surface area contributed by atoms with Gasteiger partial charge >= 0.3 is 0 Å². The van der Waals surface area contributed by atoms with Crippen LogP contribution in [-0.4, -0.2) is 12.2 Å². The van der Waals surface area contributed by atoms with Gasteiger partial charge in [-0.1, -0.05) is 0 Å². The molecular weight excluding hydrogens is 138 g/mol. The summed E-state index contributed by atoms with van der Waals surface area (Å²) in [6.07, 6.45) is 7.34. The van der Waals surface area contributed by atoms with Gasteiger partial charge in [0.2, 0.25) is 6.54 Å². The minimum Gasteiger partial charge on any atom is -0.317 e. The molecule has 0 unspecified atom stereocenters. The van der Waals surface area contributed by atoms with E-state index in [4.69, 9.17) is 13.0 Å². The maximum atomic E-state index is 6.59. The molecule has 0 aromatic heterocycles. The lowest BCUT2D eigenvalue weighted by molar-refractivity contribution is 0.534. The van der Waals surface area contributed by atoms with E-state index in [1.165, 1.54) is 0 Å². The lowest BCUT2D eigenvalue weighted by Crippen LogP contribution is -2.11. The molecular formula is C8H9N3. The maximum Gasteiger partial charge on any atom is 0.219 e. The number of terminal acetylenes is 1. The zero-order valence-corrected chi connectivity index (χ0v) is 6.25. The van der Waals surface area contributed by atoms with Crippen molar-refractivity contribution in [2.45, 2.75) is 24.9 Å². The van der Waals surface area contributed by atoms with Gasteiger partial charge < -0.3 is 4.85 Å². The first-order chi connectivity index (χ1) is 5.33. The second-order valence-corrected chi connectivity index (χ2v) is 2.52. The van der Waals surface area contributed by atoms with Gasteiger partial charge in [-0.15, -0.1) is 12.3 Å². The monoisotopic (exact) mass is 147 g/mol. The van der Waals surface area contributed by atoms with Crippen molar-refractivity contribution >= 4 is 0 Å². The molecule has 0 spiro atoms. The maximum absolute atomic E-state index is 6.59. The average Bonchev–Trinajstić information content (AvgIpc) is 2.79. The summed E-state index contributed by atoms with van der Waals surface area (Å²) >= 11 is 0. The van der Waals surface area contributed by atoms with Crippen molar-refractivity contribution in [2.24, 2.45) is 10.2 Å². The molecule has 1 aliphatic heterocycles. The van der Waals surface area contributed by atoms with Gasteiger partial charge in [0.05, 0.1) is 6.42 Å². The number of hydrogen-bond donors (Lipinski definition) is 0. The summed E-state index contributed by atoms with van der Waals surface area (Å²) in [6.45, 7) is 7.09. The summed E-state index contributed by atoms with van der Waals surface area (Å²) in [7, 11) is 0. The molecule has 11 heavy (non-hydrogen) atoms. The van der Waals surface area contributed by atoms with Gasteiger partial charge in [-0.05, 0) is 0 Å². The quantitative estimate of drug-likeness (QED) is 0.429. The Morgan fingerprint density at radius 1 is 1.45 bits per heavy atom. The smallest absolute Gasteiger partial charge is 0.219 e. The SMILES string of the molecule is [C-]#[N+]CCC1(CCC#C)N=N1. The Bertz CT molecular complexity index is 215. The van der Waals surface area contributed by atoms with E-state index in [-0.39, 0.29) is 5.66 Å². The van der Waals surface area contributed by atoms with Crippen LogP contribution >= 0.6 is 0 Å². The van der Waals surface area contributed by atoms with Crippen molar-refractivity contribution in [2.75, 3.05) is 6.54 Å². The summed E-state index contributed by atoms with van der Waals surface area (Å²) < 4.78 is 0. The Morgan fingerprint density at radius 2 is 2.18 bits per heavy atom. The number of nitrogens with zero attached hydrogens (tertiary/aromatic N) is 3. The van der Waals surface area contributed by atoms with Crippen LogP contribution in [-0.2, 0) is 0 Å². The fourth-order valence-electron chi connectivity index (χ4n) is 0.903. The Morgan fingerprint density at radius 3 is 2.64 bits per heavy atom. The summed E-state index contributed by atoms with van der Waals surface area (Å²) in [4.78, 5) is 3.25. The molecule has 0 radical (unpaired) electrons.